The predicted octanol–water partition coefficient (Wildman–Crippen LogP) is 0.752. The van der Waals surface area contributed by atoms with Crippen molar-refractivity contribution in [1.29, 1.82) is 5.26 Å². The summed E-state index contributed by atoms with van der Waals surface area (Å²) in [6, 6.07) is 4.87. The Labute approximate surface area is 87.2 Å². The van der Waals surface area contributed by atoms with Gasteiger partial charge in [-0.1, -0.05) is 11.6 Å². The Balaban J connectivity index is 3.24. The number of rotatable bonds is 2. The number of anilines is 1. The van der Waals surface area contributed by atoms with Gasteiger partial charge in [-0.3, -0.25) is 0 Å². The number of nitrogens with two attached hydrogens (primary N) is 3. The lowest BCUT2D eigenvalue weighted by atomic mass is 10.0. The highest BCUT2D eigenvalue weighted by Gasteiger charge is 2.10. The molecule has 0 unspecified atom stereocenters. The normalized spacial score (nSPS) is 12.1. The average Bonchev–Trinajstić information content (AvgIpc) is 2.20. The minimum Gasteiger partial charge on any atom is -0.396 e. The van der Waals surface area contributed by atoms with Crippen LogP contribution in [-0.2, 0) is 0 Å². The Kier molecular flexibility index (Phi) is 3.31. The molecule has 14 heavy (non-hydrogen) atoms. The second-order valence-corrected chi connectivity index (χ2v) is 3.33. The number of nitriles is 1. The molecule has 0 aliphatic carbocycles. The van der Waals surface area contributed by atoms with Crippen LogP contribution in [0.1, 0.15) is 17.2 Å². The smallest absolute Gasteiger partial charge is 0.101 e. The van der Waals surface area contributed by atoms with Gasteiger partial charge >= 0.3 is 0 Å². The molecule has 1 atom stereocenters. The third-order valence-corrected chi connectivity index (χ3v) is 2.27. The Morgan fingerprint density at radius 3 is 2.64 bits per heavy atom. The zero-order valence-corrected chi connectivity index (χ0v) is 8.25. The minimum atomic E-state index is -0.319. The molecule has 0 bridgehead atoms. The molecule has 0 spiro atoms. The van der Waals surface area contributed by atoms with Gasteiger partial charge in [-0.15, -0.1) is 0 Å². The second kappa shape index (κ2) is 4.29. The van der Waals surface area contributed by atoms with Crippen LogP contribution in [0.5, 0.6) is 0 Å². The topological polar surface area (TPSA) is 102 Å². The van der Waals surface area contributed by atoms with Crippen molar-refractivity contribution in [2.24, 2.45) is 11.5 Å². The van der Waals surface area contributed by atoms with Gasteiger partial charge in [0.15, 0.2) is 0 Å². The molecule has 0 fully saturated rings. The van der Waals surface area contributed by atoms with E-state index in [-0.39, 0.29) is 11.7 Å². The molecule has 0 saturated carbocycles. The molecule has 1 aromatic carbocycles. The zero-order valence-electron chi connectivity index (χ0n) is 7.50. The molecular formula is C9H11ClN4. The first kappa shape index (κ1) is 10.8. The standard InChI is InChI=1S/C9H11ClN4/c10-7-2-5(8(13)4-12)1-6(3-11)9(7)14/h1-2,8H,4,12-14H2/t8-/m0/s1. The summed E-state index contributed by atoms with van der Waals surface area (Å²) in [5, 5.41) is 9.10. The van der Waals surface area contributed by atoms with Crippen LogP contribution < -0.4 is 17.2 Å². The summed E-state index contributed by atoms with van der Waals surface area (Å²) in [6.45, 7) is 0.297. The van der Waals surface area contributed by atoms with E-state index in [9.17, 15) is 0 Å². The van der Waals surface area contributed by atoms with Crippen molar-refractivity contribution in [1.82, 2.24) is 0 Å². The molecule has 4 nitrogen and oxygen atoms in total. The molecule has 0 aliphatic rings. The molecule has 0 radical (unpaired) electrons. The number of benzene rings is 1. The van der Waals surface area contributed by atoms with Crippen LogP contribution >= 0.6 is 11.6 Å². The maximum atomic E-state index is 8.76. The van der Waals surface area contributed by atoms with Crippen LogP contribution in [0.15, 0.2) is 12.1 Å². The number of nitrogen functional groups attached to an aromatic ring is 1. The number of nitrogens with zero attached hydrogens (tertiary/aromatic N) is 1. The van der Waals surface area contributed by atoms with Gasteiger partial charge in [-0.05, 0) is 17.7 Å². The van der Waals surface area contributed by atoms with Crippen molar-refractivity contribution >= 4 is 17.3 Å². The molecule has 0 amide bonds. The van der Waals surface area contributed by atoms with Crippen molar-refractivity contribution in [3.8, 4) is 6.07 Å². The summed E-state index contributed by atoms with van der Waals surface area (Å²) in [6.07, 6.45) is 0. The maximum absolute atomic E-state index is 8.76. The Morgan fingerprint density at radius 1 is 1.50 bits per heavy atom. The Bertz CT molecular complexity index is 383. The van der Waals surface area contributed by atoms with Crippen LogP contribution in [0.4, 0.5) is 5.69 Å². The van der Waals surface area contributed by atoms with E-state index in [1.165, 1.54) is 0 Å². The lowest BCUT2D eigenvalue weighted by Crippen LogP contribution is -2.20. The van der Waals surface area contributed by atoms with Gasteiger partial charge in [-0.2, -0.15) is 5.26 Å². The van der Waals surface area contributed by atoms with E-state index in [1.807, 2.05) is 6.07 Å². The van der Waals surface area contributed by atoms with E-state index < -0.39 is 0 Å². The van der Waals surface area contributed by atoms with E-state index >= 15 is 0 Å². The van der Waals surface area contributed by atoms with Gasteiger partial charge in [-0.25, -0.2) is 0 Å². The van der Waals surface area contributed by atoms with Gasteiger partial charge in [0.05, 0.1) is 16.3 Å². The summed E-state index contributed by atoms with van der Waals surface area (Å²) in [5.74, 6) is 0. The number of halogens is 1. The molecule has 0 saturated heterocycles. The highest BCUT2D eigenvalue weighted by atomic mass is 35.5. The van der Waals surface area contributed by atoms with E-state index in [0.29, 0.717) is 17.1 Å². The fraction of sp³-hybridized carbons (Fsp3) is 0.222. The summed E-state index contributed by atoms with van der Waals surface area (Å²) in [5.41, 5.74) is 18.0. The van der Waals surface area contributed by atoms with Gasteiger partial charge < -0.3 is 17.2 Å². The van der Waals surface area contributed by atoms with Crippen molar-refractivity contribution in [2.45, 2.75) is 6.04 Å². The van der Waals surface area contributed by atoms with Crippen LogP contribution in [0, 0.1) is 11.3 Å². The van der Waals surface area contributed by atoms with E-state index in [4.69, 9.17) is 34.1 Å². The van der Waals surface area contributed by atoms with Crippen LogP contribution in [0.2, 0.25) is 5.02 Å². The second-order valence-electron chi connectivity index (χ2n) is 2.92. The van der Waals surface area contributed by atoms with E-state index in [2.05, 4.69) is 0 Å². The van der Waals surface area contributed by atoms with Crippen molar-refractivity contribution < 1.29 is 0 Å². The largest absolute Gasteiger partial charge is 0.396 e. The van der Waals surface area contributed by atoms with Crippen LogP contribution in [0.25, 0.3) is 0 Å². The van der Waals surface area contributed by atoms with Gasteiger partial charge in [0.2, 0.25) is 0 Å². The highest BCUT2D eigenvalue weighted by molar-refractivity contribution is 6.33. The summed E-state index contributed by atoms with van der Waals surface area (Å²) in [4.78, 5) is 0. The SMILES string of the molecule is N#Cc1cc([C@@H](N)CN)cc(Cl)c1N. The monoisotopic (exact) mass is 210 g/mol. The first-order chi connectivity index (χ1) is 6.60. The fourth-order valence-electron chi connectivity index (χ4n) is 1.08. The predicted molar refractivity (Wildman–Crippen MR) is 56.6 cm³/mol. The summed E-state index contributed by atoms with van der Waals surface area (Å²) < 4.78 is 0. The quantitative estimate of drug-likeness (QED) is 0.627. The summed E-state index contributed by atoms with van der Waals surface area (Å²) in [7, 11) is 0. The van der Waals surface area contributed by atoms with Gasteiger partial charge in [0.25, 0.3) is 0 Å². The Morgan fingerprint density at radius 2 is 2.14 bits per heavy atom. The van der Waals surface area contributed by atoms with Crippen molar-refractivity contribution in [3.05, 3.63) is 28.3 Å². The molecule has 0 aromatic heterocycles. The fourth-order valence-corrected chi connectivity index (χ4v) is 1.31. The van der Waals surface area contributed by atoms with Crippen molar-refractivity contribution in [2.75, 3.05) is 12.3 Å². The maximum Gasteiger partial charge on any atom is 0.101 e. The van der Waals surface area contributed by atoms with Gasteiger partial charge in [0, 0.05) is 12.6 Å². The van der Waals surface area contributed by atoms with Crippen molar-refractivity contribution in [3.63, 3.8) is 0 Å². The Hall–Kier alpha value is -1.28. The number of hydrogen-bond acceptors (Lipinski definition) is 4. The minimum absolute atomic E-state index is 0.280. The molecule has 0 aliphatic heterocycles. The van der Waals surface area contributed by atoms with Crippen LogP contribution in [-0.4, -0.2) is 6.54 Å². The molecular weight excluding hydrogens is 200 g/mol. The van der Waals surface area contributed by atoms with Gasteiger partial charge in [0.1, 0.15) is 6.07 Å². The molecule has 1 aromatic rings. The molecule has 74 valence electrons. The zero-order chi connectivity index (χ0) is 10.7. The lowest BCUT2D eigenvalue weighted by Gasteiger charge is -2.11. The third kappa shape index (κ3) is 1.96. The molecule has 0 heterocycles. The number of hydrogen-bond donors (Lipinski definition) is 3. The highest BCUT2D eigenvalue weighted by Crippen LogP contribution is 2.26. The summed E-state index contributed by atoms with van der Waals surface area (Å²) >= 11 is 5.83. The van der Waals surface area contributed by atoms with E-state index in [1.54, 1.807) is 12.1 Å². The first-order valence-corrected chi connectivity index (χ1v) is 4.42. The molecule has 1 rings (SSSR count). The van der Waals surface area contributed by atoms with E-state index in [0.717, 1.165) is 5.56 Å². The molecule has 6 N–H and O–H groups in total. The average molecular weight is 211 g/mol. The first-order valence-electron chi connectivity index (χ1n) is 4.04. The lowest BCUT2D eigenvalue weighted by molar-refractivity contribution is 0.737. The van der Waals surface area contributed by atoms with Crippen LogP contribution in [0.3, 0.4) is 0 Å². The third-order valence-electron chi connectivity index (χ3n) is 1.95. The molecule has 5 heteroatoms.